The van der Waals surface area contributed by atoms with Gasteiger partial charge < -0.3 is 9.72 Å². The third kappa shape index (κ3) is 3.84. The number of aromatic nitrogens is 2. The molecule has 0 aromatic carbocycles. The van der Waals surface area contributed by atoms with Gasteiger partial charge in [-0.15, -0.1) is 5.54 Å². The molecule has 3 atom stereocenters. The van der Waals surface area contributed by atoms with Gasteiger partial charge in [-0.3, -0.25) is 4.90 Å². The lowest BCUT2D eigenvalue weighted by Crippen LogP contribution is -2.38. The summed E-state index contributed by atoms with van der Waals surface area (Å²) in [5.41, 5.74) is 3.61. The summed E-state index contributed by atoms with van der Waals surface area (Å²) in [6.07, 6.45) is 3.65. The molecule has 2 fully saturated rings. The van der Waals surface area contributed by atoms with Gasteiger partial charge in [-0.25, -0.2) is 9.78 Å². The van der Waals surface area contributed by atoms with Crippen molar-refractivity contribution in [2.24, 2.45) is 5.92 Å². The van der Waals surface area contributed by atoms with E-state index in [2.05, 4.69) is 41.1 Å². The Kier molecular flexibility index (Phi) is 4.03. The fourth-order valence-electron chi connectivity index (χ4n) is 3.10. The van der Waals surface area contributed by atoms with E-state index in [1.54, 1.807) is 0 Å². The van der Waals surface area contributed by atoms with E-state index in [1.165, 1.54) is 0 Å². The number of nitrogens with zero attached hydrogens (tertiary/aromatic N) is 2. The number of nitrogens with one attached hydrogen (secondary N) is 1. The molecule has 2 heterocycles. The third-order valence-electron chi connectivity index (χ3n) is 4.19. The lowest BCUT2D eigenvalue weighted by Gasteiger charge is -2.29. The number of piperidine rings is 1. The van der Waals surface area contributed by atoms with Crippen molar-refractivity contribution in [2.75, 3.05) is 0 Å². The monoisotopic (exact) mass is 345 g/mol. The van der Waals surface area contributed by atoms with Crippen molar-refractivity contribution in [3.05, 3.63) is 17.7 Å². The Morgan fingerprint density at radius 2 is 2.08 bits per heavy atom. The first-order valence-electron chi connectivity index (χ1n) is 8.63. The fourth-order valence-corrected chi connectivity index (χ4v) is 3.60. The van der Waals surface area contributed by atoms with Crippen LogP contribution in [-0.2, 0) is 4.74 Å². The molecular weight excluding hydrogens is 318 g/mol. The number of imidazole rings is 1. The van der Waals surface area contributed by atoms with E-state index in [-0.39, 0.29) is 12.1 Å². The number of rotatable bonds is 1. The predicted molar refractivity (Wildman–Crippen MR) is 96.1 cm³/mol. The van der Waals surface area contributed by atoms with E-state index in [9.17, 15) is 4.79 Å². The molecule has 0 spiro atoms. The van der Waals surface area contributed by atoms with Crippen LogP contribution in [0.5, 0.6) is 0 Å². The Hall–Kier alpha value is -1.74. The number of carbonyl (C=O) groups is 1. The highest BCUT2D eigenvalue weighted by Gasteiger charge is 2.56. The molecule has 1 aliphatic heterocycles. The van der Waals surface area contributed by atoms with E-state index >= 15 is 0 Å². The van der Waals surface area contributed by atoms with Crippen LogP contribution in [0.15, 0.2) is 6.20 Å². The SMILES string of the molecule is CC(C)(C)OC(=O)N1C(c2nc(C#C[Si](C)(C)C)c[nH]2)C[C@H]2C[C@H]21. The molecule has 1 aromatic heterocycles. The third-order valence-corrected chi connectivity index (χ3v) is 5.06. The molecule has 1 saturated heterocycles. The molecule has 5 nitrogen and oxygen atoms in total. The number of hydrogen-bond acceptors (Lipinski definition) is 3. The van der Waals surface area contributed by atoms with Crippen molar-refractivity contribution in [3.63, 3.8) is 0 Å². The summed E-state index contributed by atoms with van der Waals surface area (Å²) < 4.78 is 5.59. The normalized spacial score (nSPS) is 25.8. The maximum Gasteiger partial charge on any atom is 0.411 e. The maximum absolute atomic E-state index is 12.6. The van der Waals surface area contributed by atoms with Crippen LogP contribution in [0.25, 0.3) is 0 Å². The van der Waals surface area contributed by atoms with Gasteiger partial charge >= 0.3 is 6.09 Å². The van der Waals surface area contributed by atoms with E-state index in [0.717, 1.165) is 24.4 Å². The quantitative estimate of drug-likeness (QED) is 0.623. The van der Waals surface area contributed by atoms with Gasteiger partial charge in [-0.1, -0.05) is 25.6 Å². The van der Waals surface area contributed by atoms with Gasteiger partial charge in [0.25, 0.3) is 0 Å². The first kappa shape index (κ1) is 17.1. The van der Waals surface area contributed by atoms with Gasteiger partial charge in [0, 0.05) is 12.2 Å². The van der Waals surface area contributed by atoms with Crippen LogP contribution < -0.4 is 0 Å². The first-order valence-corrected chi connectivity index (χ1v) is 12.1. The number of amides is 1. The second-order valence-electron chi connectivity index (χ2n) is 8.87. The summed E-state index contributed by atoms with van der Waals surface area (Å²) >= 11 is 0. The van der Waals surface area contributed by atoms with E-state index < -0.39 is 13.7 Å². The largest absolute Gasteiger partial charge is 0.444 e. The van der Waals surface area contributed by atoms with Gasteiger partial charge in [-0.2, -0.15) is 0 Å². The molecule has 1 unspecified atom stereocenters. The summed E-state index contributed by atoms with van der Waals surface area (Å²) in [6, 6.07) is 0.289. The highest BCUT2D eigenvalue weighted by atomic mass is 28.3. The Labute approximate surface area is 145 Å². The lowest BCUT2D eigenvalue weighted by atomic mass is 10.1. The van der Waals surface area contributed by atoms with Gasteiger partial charge in [0.2, 0.25) is 0 Å². The number of hydrogen-bond donors (Lipinski definition) is 1. The van der Waals surface area contributed by atoms with Gasteiger partial charge in [-0.05, 0) is 39.5 Å². The smallest absolute Gasteiger partial charge is 0.411 e. The van der Waals surface area contributed by atoms with Gasteiger partial charge in [0.15, 0.2) is 0 Å². The molecule has 1 aliphatic carbocycles. The summed E-state index contributed by atoms with van der Waals surface area (Å²) in [6.45, 7) is 12.3. The summed E-state index contributed by atoms with van der Waals surface area (Å²) in [5, 5.41) is 0. The summed E-state index contributed by atoms with van der Waals surface area (Å²) in [5.74, 6) is 4.58. The Balaban J connectivity index is 1.77. The molecular formula is C18H27N3O2Si. The molecule has 6 heteroatoms. The molecule has 0 radical (unpaired) electrons. The minimum atomic E-state index is -1.42. The zero-order valence-corrected chi connectivity index (χ0v) is 16.4. The van der Waals surface area contributed by atoms with Crippen LogP contribution in [0.4, 0.5) is 4.79 Å². The Morgan fingerprint density at radius 1 is 1.38 bits per heavy atom. The fraction of sp³-hybridized carbons (Fsp3) is 0.667. The van der Waals surface area contributed by atoms with Gasteiger partial charge in [0.05, 0.1) is 6.04 Å². The number of likely N-dealkylation sites (tertiary alicyclic amines) is 1. The summed E-state index contributed by atoms with van der Waals surface area (Å²) in [4.78, 5) is 22.3. The van der Waals surface area contributed by atoms with Crippen LogP contribution in [0, 0.1) is 17.4 Å². The Bertz CT molecular complexity index is 702. The number of H-pyrrole nitrogens is 1. The molecule has 1 aromatic rings. The molecule has 0 bridgehead atoms. The Morgan fingerprint density at radius 3 is 2.71 bits per heavy atom. The van der Waals surface area contributed by atoms with E-state index in [1.807, 2.05) is 31.9 Å². The predicted octanol–water partition coefficient (Wildman–Crippen LogP) is 3.71. The second-order valence-corrected chi connectivity index (χ2v) is 13.6. The molecule has 1 saturated carbocycles. The van der Waals surface area contributed by atoms with Crippen LogP contribution >= 0.6 is 0 Å². The molecule has 1 amide bonds. The molecule has 1 N–H and O–H groups in total. The zero-order chi connectivity index (χ0) is 17.7. The second kappa shape index (κ2) is 5.66. The minimum Gasteiger partial charge on any atom is -0.444 e. The van der Waals surface area contributed by atoms with Crippen molar-refractivity contribution in [2.45, 2.75) is 70.9 Å². The molecule has 24 heavy (non-hydrogen) atoms. The average Bonchev–Trinajstić information content (AvgIpc) is 2.88. The number of fused-ring (bicyclic) bond motifs is 1. The van der Waals surface area contributed by atoms with Gasteiger partial charge in [0.1, 0.15) is 25.2 Å². The average molecular weight is 346 g/mol. The first-order chi connectivity index (χ1) is 11.0. The highest BCUT2D eigenvalue weighted by molar-refractivity contribution is 6.83. The maximum atomic E-state index is 12.6. The van der Waals surface area contributed by atoms with E-state index in [4.69, 9.17) is 4.74 Å². The minimum absolute atomic E-state index is 0.0222. The number of aromatic amines is 1. The van der Waals surface area contributed by atoms with Crippen molar-refractivity contribution in [3.8, 4) is 11.5 Å². The molecule has 3 rings (SSSR count). The van der Waals surface area contributed by atoms with Crippen molar-refractivity contribution < 1.29 is 9.53 Å². The van der Waals surface area contributed by atoms with E-state index in [0.29, 0.717) is 12.0 Å². The highest BCUT2D eigenvalue weighted by Crippen LogP contribution is 2.53. The lowest BCUT2D eigenvalue weighted by molar-refractivity contribution is 0.0175. The van der Waals surface area contributed by atoms with Crippen molar-refractivity contribution in [1.82, 2.24) is 14.9 Å². The van der Waals surface area contributed by atoms with Crippen LogP contribution in [-0.4, -0.2) is 40.7 Å². The van der Waals surface area contributed by atoms with Crippen LogP contribution in [0.1, 0.15) is 51.2 Å². The molecule has 2 aliphatic rings. The van der Waals surface area contributed by atoms with Crippen LogP contribution in [0.2, 0.25) is 19.6 Å². The number of ether oxygens (including phenoxy) is 1. The van der Waals surface area contributed by atoms with Crippen LogP contribution in [0.3, 0.4) is 0 Å². The molecule has 130 valence electrons. The summed E-state index contributed by atoms with van der Waals surface area (Å²) in [7, 11) is -1.42. The standard InChI is InChI=1S/C18H27N3O2Si/c1-18(2,3)23-17(22)21-14-9-12(14)10-15(21)16-19-11-13(20-16)7-8-24(4,5)6/h11-12,14-15H,9-10H2,1-6H3,(H,19,20)/t12-,14-,15?/m1/s1. The topological polar surface area (TPSA) is 58.2 Å². The number of carbonyl (C=O) groups excluding carboxylic acids is 1. The van der Waals surface area contributed by atoms with Crippen molar-refractivity contribution >= 4 is 14.2 Å². The van der Waals surface area contributed by atoms with Crippen molar-refractivity contribution in [1.29, 1.82) is 0 Å². The zero-order valence-electron chi connectivity index (χ0n) is 15.4.